The van der Waals surface area contributed by atoms with E-state index in [1.165, 1.54) is 51.9 Å². The van der Waals surface area contributed by atoms with E-state index >= 15 is 0 Å². The van der Waals surface area contributed by atoms with E-state index in [0.29, 0.717) is 0 Å². The predicted molar refractivity (Wildman–Crippen MR) is 81.9 cm³/mol. The van der Waals surface area contributed by atoms with Crippen LogP contribution in [0, 0.1) is 0 Å². The molecule has 0 radical (unpaired) electrons. The lowest BCUT2D eigenvalue weighted by Crippen LogP contribution is -2.41. The molecule has 1 fully saturated rings. The third kappa shape index (κ3) is 9.57. The Morgan fingerprint density at radius 1 is 1.18 bits per heavy atom. The Morgan fingerprint density at radius 3 is 2.24 bits per heavy atom. The maximum absolute atomic E-state index is 3.37. The zero-order valence-corrected chi connectivity index (χ0v) is 12.4. The standard InChI is InChI=1S/C11H25N3.C3H8.2H2/c1-3-13-7-4-8-14-9-5-11(12-2)6-10-14;1-3-2;;/h11-13H,3-10H2,1-2H3;3H2,1-2H3;2*1H. The van der Waals surface area contributed by atoms with E-state index in [2.05, 4.69) is 43.4 Å². The largest absolute Gasteiger partial charge is 0.317 e. The van der Waals surface area contributed by atoms with Crippen LogP contribution in [0.3, 0.4) is 0 Å². The van der Waals surface area contributed by atoms with Gasteiger partial charge < -0.3 is 15.5 Å². The van der Waals surface area contributed by atoms with Crippen molar-refractivity contribution in [2.75, 3.05) is 39.8 Å². The smallest absolute Gasteiger partial charge is 0.00884 e. The summed E-state index contributed by atoms with van der Waals surface area (Å²) in [7, 11) is 2.07. The number of hydrogen-bond donors (Lipinski definition) is 2. The summed E-state index contributed by atoms with van der Waals surface area (Å²) in [6, 6.07) is 0.764. The summed E-state index contributed by atoms with van der Waals surface area (Å²) in [5.41, 5.74) is 0. The molecule has 17 heavy (non-hydrogen) atoms. The third-order valence-corrected chi connectivity index (χ3v) is 3.07. The van der Waals surface area contributed by atoms with Gasteiger partial charge in [0.1, 0.15) is 0 Å². The molecule has 0 aliphatic carbocycles. The van der Waals surface area contributed by atoms with Crippen molar-refractivity contribution in [1.82, 2.24) is 15.5 Å². The number of nitrogens with zero attached hydrogens (tertiary/aromatic N) is 1. The summed E-state index contributed by atoms with van der Waals surface area (Å²) >= 11 is 0. The number of piperidine rings is 1. The van der Waals surface area contributed by atoms with Crippen molar-refractivity contribution in [3.8, 4) is 0 Å². The SMILES string of the molecule is CCC.CCNCCCN1CCC(NC)CC1.[HH].[HH]. The van der Waals surface area contributed by atoms with Crippen molar-refractivity contribution in [1.29, 1.82) is 0 Å². The lowest BCUT2D eigenvalue weighted by atomic mass is 10.1. The topological polar surface area (TPSA) is 27.3 Å². The molecule has 3 heteroatoms. The molecule has 0 amide bonds. The van der Waals surface area contributed by atoms with Crippen molar-refractivity contribution in [3.63, 3.8) is 0 Å². The molecule has 1 heterocycles. The van der Waals surface area contributed by atoms with Crippen molar-refractivity contribution >= 4 is 0 Å². The van der Waals surface area contributed by atoms with Crippen molar-refractivity contribution in [2.24, 2.45) is 0 Å². The predicted octanol–water partition coefficient (Wildman–Crippen LogP) is 2.58. The third-order valence-electron chi connectivity index (χ3n) is 3.07. The normalized spacial score (nSPS) is 17.6. The molecule has 0 saturated carbocycles. The zero-order chi connectivity index (χ0) is 12.9. The van der Waals surface area contributed by atoms with E-state index in [0.717, 1.165) is 12.6 Å². The molecule has 1 saturated heterocycles. The second-order valence-corrected chi connectivity index (χ2v) is 4.82. The van der Waals surface area contributed by atoms with Gasteiger partial charge >= 0.3 is 0 Å². The summed E-state index contributed by atoms with van der Waals surface area (Å²) in [5.74, 6) is 0. The second kappa shape index (κ2) is 12.3. The maximum atomic E-state index is 3.37. The monoisotopic (exact) mass is 247 g/mol. The van der Waals surface area contributed by atoms with Gasteiger partial charge in [0.15, 0.2) is 0 Å². The Morgan fingerprint density at radius 2 is 1.76 bits per heavy atom. The van der Waals surface area contributed by atoms with E-state index in [9.17, 15) is 0 Å². The van der Waals surface area contributed by atoms with E-state index in [1.54, 1.807) is 0 Å². The summed E-state index contributed by atoms with van der Waals surface area (Å²) in [6.07, 6.45) is 5.17. The van der Waals surface area contributed by atoms with Crippen LogP contribution in [0.4, 0.5) is 0 Å². The van der Waals surface area contributed by atoms with Crippen molar-refractivity contribution in [3.05, 3.63) is 0 Å². The summed E-state index contributed by atoms with van der Waals surface area (Å²) in [5, 5.41) is 6.73. The van der Waals surface area contributed by atoms with Gasteiger partial charge in [-0.2, -0.15) is 0 Å². The van der Waals surface area contributed by atoms with Crippen LogP contribution in [-0.2, 0) is 0 Å². The molecule has 1 aliphatic rings. The second-order valence-electron chi connectivity index (χ2n) is 4.82. The zero-order valence-electron chi connectivity index (χ0n) is 12.4. The Kier molecular flexibility index (Phi) is 12.3. The minimum absolute atomic E-state index is 0. The highest BCUT2D eigenvalue weighted by atomic mass is 15.1. The van der Waals surface area contributed by atoms with Crippen LogP contribution in [0.25, 0.3) is 0 Å². The van der Waals surface area contributed by atoms with Gasteiger partial charge in [-0.15, -0.1) is 0 Å². The number of likely N-dealkylation sites (tertiary alicyclic amines) is 1. The fourth-order valence-electron chi connectivity index (χ4n) is 2.05. The molecule has 0 aromatic heterocycles. The number of rotatable bonds is 6. The van der Waals surface area contributed by atoms with Gasteiger partial charge in [-0.3, -0.25) is 0 Å². The Labute approximate surface area is 111 Å². The lowest BCUT2D eigenvalue weighted by molar-refractivity contribution is 0.199. The first kappa shape index (κ1) is 16.9. The minimum atomic E-state index is 0. The van der Waals surface area contributed by atoms with Gasteiger partial charge in [-0.1, -0.05) is 27.2 Å². The van der Waals surface area contributed by atoms with E-state index in [1.807, 2.05) is 0 Å². The first-order chi connectivity index (χ1) is 8.28. The van der Waals surface area contributed by atoms with E-state index in [4.69, 9.17) is 0 Å². The van der Waals surface area contributed by atoms with Crippen LogP contribution in [0.1, 0.15) is 49.3 Å². The average Bonchev–Trinajstić information content (AvgIpc) is 2.36. The summed E-state index contributed by atoms with van der Waals surface area (Å²) in [6.45, 7) is 12.5. The summed E-state index contributed by atoms with van der Waals surface area (Å²) < 4.78 is 0. The Balaban J connectivity index is -0.000000468. The molecule has 0 atom stereocenters. The highest BCUT2D eigenvalue weighted by Gasteiger charge is 2.16. The Bertz CT molecular complexity index is 152. The number of hydrogen-bond acceptors (Lipinski definition) is 3. The van der Waals surface area contributed by atoms with Crippen LogP contribution >= 0.6 is 0 Å². The summed E-state index contributed by atoms with van der Waals surface area (Å²) in [4.78, 5) is 2.59. The van der Waals surface area contributed by atoms with Crippen LogP contribution in [0.15, 0.2) is 0 Å². The highest BCUT2D eigenvalue weighted by Crippen LogP contribution is 2.09. The molecule has 0 aromatic carbocycles. The first-order valence-electron chi connectivity index (χ1n) is 7.38. The van der Waals surface area contributed by atoms with Gasteiger partial charge in [0, 0.05) is 8.90 Å². The van der Waals surface area contributed by atoms with Gasteiger partial charge in [-0.25, -0.2) is 0 Å². The number of nitrogens with one attached hydrogen (secondary N) is 2. The molecule has 108 valence electrons. The van der Waals surface area contributed by atoms with Crippen LogP contribution < -0.4 is 10.6 Å². The van der Waals surface area contributed by atoms with Crippen LogP contribution in [-0.4, -0.2) is 50.7 Å². The molecule has 0 spiro atoms. The average molecular weight is 247 g/mol. The van der Waals surface area contributed by atoms with E-state index < -0.39 is 0 Å². The molecule has 1 aliphatic heterocycles. The first-order valence-corrected chi connectivity index (χ1v) is 7.38. The van der Waals surface area contributed by atoms with Gasteiger partial charge in [0.25, 0.3) is 0 Å². The highest BCUT2D eigenvalue weighted by molar-refractivity contribution is 4.75. The van der Waals surface area contributed by atoms with Crippen molar-refractivity contribution in [2.45, 2.75) is 52.5 Å². The lowest BCUT2D eigenvalue weighted by Gasteiger charge is -2.31. The van der Waals surface area contributed by atoms with Crippen LogP contribution in [0.2, 0.25) is 0 Å². The molecule has 0 unspecified atom stereocenters. The quantitative estimate of drug-likeness (QED) is 0.707. The molecular formula is C14H37N3. The fourth-order valence-corrected chi connectivity index (χ4v) is 2.05. The Hall–Kier alpha value is -0.120. The van der Waals surface area contributed by atoms with E-state index in [-0.39, 0.29) is 2.85 Å². The molecule has 0 bridgehead atoms. The molecule has 3 nitrogen and oxygen atoms in total. The maximum Gasteiger partial charge on any atom is 0.00884 e. The van der Waals surface area contributed by atoms with Crippen molar-refractivity contribution < 1.29 is 2.85 Å². The van der Waals surface area contributed by atoms with Crippen LogP contribution in [0.5, 0.6) is 0 Å². The minimum Gasteiger partial charge on any atom is -0.317 e. The van der Waals surface area contributed by atoms with Gasteiger partial charge in [0.2, 0.25) is 0 Å². The molecule has 1 rings (SSSR count). The molecular weight excluding hydrogens is 210 g/mol. The molecule has 0 aromatic rings. The van der Waals surface area contributed by atoms with Gasteiger partial charge in [0.05, 0.1) is 0 Å². The molecule has 2 N–H and O–H groups in total. The fraction of sp³-hybridized carbons (Fsp3) is 1.00. The van der Waals surface area contributed by atoms with Gasteiger partial charge in [-0.05, 0) is 59.0 Å².